The molecule has 7 nitrogen and oxygen atoms in total. The number of nitrogens with zero attached hydrogens (tertiary/aromatic N) is 5. The van der Waals surface area contributed by atoms with Crippen LogP contribution in [-0.2, 0) is 4.74 Å². The van der Waals surface area contributed by atoms with Crippen LogP contribution in [0.15, 0.2) is 19.0 Å². The molecule has 2 saturated heterocycles. The minimum atomic E-state index is -0.165. The Morgan fingerprint density at radius 2 is 2.32 bits per heavy atom. The zero-order valence-electron chi connectivity index (χ0n) is 14.3. The van der Waals surface area contributed by atoms with E-state index in [1.807, 2.05) is 10.6 Å². The summed E-state index contributed by atoms with van der Waals surface area (Å²) in [6.45, 7) is 6.41. The number of aromatic nitrogens is 4. The van der Waals surface area contributed by atoms with Gasteiger partial charge in [-0.2, -0.15) is 9.97 Å². The number of halogens is 1. The molecule has 0 N–H and O–H groups in total. The van der Waals surface area contributed by atoms with E-state index in [4.69, 9.17) is 21.1 Å². The third-order valence-electron chi connectivity index (χ3n) is 5.10. The van der Waals surface area contributed by atoms with Crippen LogP contribution in [0, 0.1) is 0 Å². The lowest BCUT2D eigenvalue weighted by Crippen LogP contribution is -2.38. The number of rotatable bonds is 5. The number of likely N-dealkylation sites (tertiary alicyclic amines) is 1. The summed E-state index contributed by atoms with van der Waals surface area (Å²) in [5.74, 6) is 0.415. The molecule has 0 aromatic carbocycles. The first-order chi connectivity index (χ1) is 12.2. The number of ether oxygens (including phenoxy) is 2. The Kier molecular flexibility index (Phi) is 4.62. The van der Waals surface area contributed by atoms with E-state index in [9.17, 15) is 0 Å². The van der Waals surface area contributed by atoms with Gasteiger partial charge < -0.3 is 14.0 Å². The Bertz CT molecular complexity index is 774. The van der Waals surface area contributed by atoms with E-state index in [1.165, 1.54) is 0 Å². The highest BCUT2D eigenvalue weighted by atomic mass is 35.5. The van der Waals surface area contributed by atoms with Crippen molar-refractivity contribution in [1.29, 1.82) is 0 Å². The molecule has 0 bridgehead atoms. The van der Waals surface area contributed by atoms with Crippen molar-refractivity contribution in [3.8, 4) is 5.88 Å². The highest BCUT2D eigenvalue weighted by Gasteiger charge is 2.30. The molecule has 0 radical (unpaired) electrons. The Morgan fingerprint density at radius 3 is 3.00 bits per heavy atom. The lowest BCUT2D eigenvalue weighted by molar-refractivity contribution is 0.139. The summed E-state index contributed by atoms with van der Waals surface area (Å²) in [5.41, 5.74) is 1.32. The second-order valence-electron chi connectivity index (χ2n) is 6.65. The number of imidazole rings is 1. The van der Waals surface area contributed by atoms with Crippen molar-refractivity contribution < 1.29 is 9.47 Å². The molecule has 25 heavy (non-hydrogen) atoms. The Hall–Kier alpha value is -1.70. The monoisotopic (exact) mass is 363 g/mol. The number of hydrogen-bond acceptors (Lipinski definition) is 6. The Morgan fingerprint density at radius 1 is 1.44 bits per heavy atom. The van der Waals surface area contributed by atoms with Gasteiger partial charge in [0.15, 0.2) is 11.2 Å². The number of fused-ring (bicyclic) bond motifs is 1. The summed E-state index contributed by atoms with van der Waals surface area (Å²) < 4.78 is 13.7. The summed E-state index contributed by atoms with van der Waals surface area (Å²) in [6, 6.07) is 0.506. The smallest absolute Gasteiger partial charge is 0.247 e. The SMILES string of the molecule is C=C[C@H](Oc1nc(Cl)nc2c1ncn2C1CCOC1)[C@@H]1CCCN1C. The maximum atomic E-state index is 6.19. The van der Waals surface area contributed by atoms with Gasteiger partial charge in [0.2, 0.25) is 11.2 Å². The van der Waals surface area contributed by atoms with Crippen LogP contribution in [0.25, 0.3) is 11.2 Å². The molecule has 4 rings (SSSR count). The molecule has 2 aromatic heterocycles. The average molecular weight is 364 g/mol. The van der Waals surface area contributed by atoms with Crippen molar-refractivity contribution in [2.24, 2.45) is 0 Å². The van der Waals surface area contributed by atoms with Crippen LogP contribution in [0.3, 0.4) is 0 Å². The molecule has 1 unspecified atom stereocenters. The molecule has 8 heteroatoms. The van der Waals surface area contributed by atoms with E-state index in [2.05, 4.69) is 33.5 Å². The first-order valence-corrected chi connectivity index (χ1v) is 9.02. The average Bonchev–Trinajstić information content (AvgIpc) is 3.32. The lowest BCUT2D eigenvalue weighted by atomic mass is 10.1. The zero-order valence-corrected chi connectivity index (χ0v) is 15.0. The van der Waals surface area contributed by atoms with E-state index in [1.54, 1.807) is 6.33 Å². The second-order valence-corrected chi connectivity index (χ2v) is 6.99. The summed E-state index contributed by atoms with van der Waals surface area (Å²) in [4.78, 5) is 15.4. The molecule has 4 heterocycles. The first kappa shape index (κ1) is 16.8. The van der Waals surface area contributed by atoms with E-state index < -0.39 is 0 Å². The molecule has 2 aromatic rings. The quantitative estimate of drug-likeness (QED) is 0.600. The predicted molar refractivity (Wildman–Crippen MR) is 95.1 cm³/mol. The minimum Gasteiger partial charge on any atom is -0.467 e. The van der Waals surface area contributed by atoms with Gasteiger partial charge in [0, 0.05) is 6.61 Å². The first-order valence-electron chi connectivity index (χ1n) is 8.64. The van der Waals surface area contributed by atoms with Crippen LogP contribution in [0.4, 0.5) is 0 Å². The van der Waals surface area contributed by atoms with Crippen LogP contribution in [0.5, 0.6) is 5.88 Å². The van der Waals surface area contributed by atoms with Crippen molar-refractivity contribution in [2.75, 3.05) is 26.8 Å². The van der Waals surface area contributed by atoms with Gasteiger partial charge in [-0.3, -0.25) is 4.90 Å². The molecule has 0 amide bonds. The normalized spacial score (nSPS) is 25.5. The van der Waals surface area contributed by atoms with Crippen LogP contribution in [-0.4, -0.2) is 63.4 Å². The van der Waals surface area contributed by atoms with Crippen LogP contribution < -0.4 is 4.74 Å². The van der Waals surface area contributed by atoms with Crippen molar-refractivity contribution >= 4 is 22.8 Å². The second kappa shape index (κ2) is 6.90. The van der Waals surface area contributed by atoms with Crippen LogP contribution >= 0.6 is 11.6 Å². The highest BCUT2D eigenvalue weighted by molar-refractivity contribution is 6.28. The number of hydrogen-bond donors (Lipinski definition) is 0. The molecule has 2 fully saturated rings. The fraction of sp³-hybridized carbons (Fsp3) is 0.588. The van der Waals surface area contributed by atoms with Gasteiger partial charge in [-0.05, 0) is 50.5 Å². The largest absolute Gasteiger partial charge is 0.467 e. The third kappa shape index (κ3) is 3.12. The summed E-state index contributed by atoms with van der Waals surface area (Å²) in [7, 11) is 2.11. The van der Waals surface area contributed by atoms with Gasteiger partial charge >= 0.3 is 0 Å². The van der Waals surface area contributed by atoms with Gasteiger partial charge in [0.1, 0.15) is 6.10 Å². The van der Waals surface area contributed by atoms with E-state index in [0.717, 1.165) is 32.4 Å². The summed E-state index contributed by atoms with van der Waals surface area (Å²) in [6.07, 6.45) is 6.60. The van der Waals surface area contributed by atoms with Gasteiger partial charge in [-0.1, -0.05) is 6.58 Å². The van der Waals surface area contributed by atoms with Crippen LogP contribution in [0.2, 0.25) is 5.28 Å². The molecular formula is C17H22ClN5O2. The maximum absolute atomic E-state index is 6.19. The van der Waals surface area contributed by atoms with Gasteiger partial charge in [0.05, 0.1) is 25.0 Å². The highest BCUT2D eigenvalue weighted by Crippen LogP contribution is 2.30. The number of likely N-dealkylation sites (N-methyl/N-ethyl adjacent to an activating group) is 1. The molecule has 2 aliphatic rings. The summed E-state index contributed by atoms with van der Waals surface area (Å²) in [5, 5.41) is 0.158. The van der Waals surface area contributed by atoms with Gasteiger partial charge in [-0.25, -0.2) is 4.98 Å². The minimum absolute atomic E-state index is 0.158. The molecule has 134 valence electrons. The molecule has 3 atom stereocenters. The Labute approximate surface area is 151 Å². The van der Waals surface area contributed by atoms with E-state index in [-0.39, 0.29) is 23.5 Å². The zero-order chi connectivity index (χ0) is 17.4. The van der Waals surface area contributed by atoms with Crippen molar-refractivity contribution in [3.63, 3.8) is 0 Å². The molecule has 0 spiro atoms. The fourth-order valence-corrected chi connectivity index (χ4v) is 3.88. The van der Waals surface area contributed by atoms with E-state index >= 15 is 0 Å². The summed E-state index contributed by atoms with van der Waals surface area (Å²) >= 11 is 6.16. The molecule has 0 aliphatic carbocycles. The molecule has 2 aliphatic heterocycles. The third-order valence-corrected chi connectivity index (χ3v) is 5.27. The molecule has 0 saturated carbocycles. The van der Waals surface area contributed by atoms with E-state index in [0.29, 0.717) is 23.7 Å². The van der Waals surface area contributed by atoms with Gasteiger partial charge in [-0.15, -0.1) is 0 Å². The fourth-order valence-electron chi connectivity index (χ4n) is 3.72. The Balaban J connectivity index is 1.68. The topological polar surface area (TPSA) is 65.3 Å². The van der Waals surface area contributed by atoms with Crippen molar-refractivity contribution in [1.82, 2.24) is 24.4 Å². The lowest BCUT2D eigenvalue weighted by Gasteiger charge is -2.26. The van der Waals surface area contributed by atoms with Crippen molar-refractivity contribution in [2.45, 2.75) is 37.5 Å². The molecular weight excluding hydrogens is 342 g/mol. The predicted octanol–water partition coefficient (Wildman–Crippen LogP) is 2.47. The van der Waals surface area contributed by atoms with Crippen LogP contribution in [0.1, 0.15) is 25.3 Å². The standard InChI is InChI=1S/C17H22ClN5O2/c1-3-13(12-5-4-7-22(12)2)25-16-14-15(20-17(18)21-16)23(10-19-14)11-6-8-24-9-11/h3,10-13H,1,4-9H2,2H3/t11?,12-,13-/m0/s1. The van der Waals surface area contributed by atoms with Gasteiger partial charge in [0.25, 0.3) is 0 Å². The van der Waals surface area contributed by atoms with Crippen molar-refractivity contribution in [3.05, 3.63) is 24.3 Å². The maximum Gasteiger partial charge on any atom is 0.247 e.